The highest BCUT2D eigenvalue weighted by molar-refractivity contribution is 5.89. The molecule has 154 valence electrons. The fraction of sp³-hybridized carbons (Fsp3) is 0.600. The van der Waals surface area contributed by atoms with Crippen LogP contribution in [0, 0.1) is 0 Å². The topological polar surface area (TPSA) is 81.6 Å². The van der Waals surface area contributed by atoms with Gasteiger partial charge in [0.2, 0.25) is 0 Å². The summed E-state index contributed by atoms with van der Waals surface area (Å²) in [7, 11) is 0. The van der Waals surface area contributed by atoms with Gasteiger partial charge < -0.3 is 29.3 Å². The van der Waals surface area contributed by atoms with Gasteiger partial charge in [0.05, 0.1) is 31.2 Å². The molecule has 0 spiro atoms. The van der Waals surface area contributed by atoms with Crippen LogP contribution < -0.4 is 15.0 Å². The number of hydrogen-bond acceptors (Lipinski definition) is 7. The van der Waals surface area contributed by atoms with Crippen LogP contribution >= 0.6 is 0 Å². The molecule has 1 saturated heterocycles. The summed E-state index contributed by atoms with van der Waals surface area (Å²) in [5.74, 6) is 0.827. The Labute approximate surface area is 165 Å². The van der Waals surface area contributed by atoms with Crippen molar-refractivity contribution in [3.05, 3.63) is 24.3 Å². The molecule has 8 nitrogen and oxygen atoms in total. The van der Waals surface area contributed by atoms with Crippen LogP contribution in [0.15, 0.2) is 29.4 Å². The van der Waals surface area contributed by atoms with Gasteiger partial charge in [0.25, 0.3) is 0 Å². The Morgan fingerprint density at radius 1 is 1.29 bits per heavy atom. The molecule has 2 aliphatic rings. The molecule has 2 heterocycles. The van der Waals surface area contributed by atoms with Crippen molar-refractivity contribution in [3.63, 3.8) is 0 Å². The summed E-state index contributed by atoms with van der Waals surface area (Å²) in [5, 5.41) is 6.75. The monoisotopic (exact) mass is 391 g/mol. The Morgan fingerprint density at radius 3 is 2.79 bits per heavy atom. The van der Waals surface area contributed by atoms with Crippen molar-refractivity contribution in [2.75, 3.05) is 44.4 Å². The number of rotatable bonds is 6. The van der Waals surface area contributed by atoms with Gasteiger partial charge in [0.1, 0.15) is 18.0 Å². The summed E-state index contributed by atoms with van der Waals surface area (Å²) in [4.78, 5) is 19.4. The highest BCUT2D eigenvalue weighted by Crippen LogP contribution is 2.29. The summed E-state index contributed by atoms with van der Waals surface area (Å²) in [6.07, 6.45) is -0.0299. The molecule has 2 aliphatic heterocycles. The smallest absolute Gasteiger partial charge is 0.407 e. The van der Waals surface area contributed by atoms with Crippen LogP contribution in [-0.2, 0) is 14.3 Å². The van der Waals surface area contributed by atoms with Crippen molar-refractivity contribution in [2.24, 2.45) is 5.16 Å². The van der Waals surface area contributed by atoms with Crippen LogP contribution in [0.1, 0.15) is 27.2 Å². The first kappa shape index (κ1) is 20.3. The highest BCUT2D eigenvalue weighted by Gasteiger charge is 2.24. The molecule has 1 unspecified atom stereocenters. The Hall–Kier alpha value is -2.48. The zero-order valence-electron chi connectivity index (χ0n) is 16.8. The minimum Gasteiger partial charge on any atom is -0.487 e. The molecule has 0 radical (unpaired) electrons. The van der Waals surface area contributed by atoms with Crippen LogP contribution in [0.3, 0.4) is 0 Å². The lowest BCUT2D eigenvalue weighted by Crippen LogP contribution is -2.36. The fourth-order valence-electron chi connectivity index (χ4n) is 3.00. The predicted octanol–water partition coefficient (Wildman–Crippen LogP) is 2.57. The van der Waals surface area contributed by atoms with E-state index in [9.17, 15) is 4.79 Å². The van der Waals surface area contributed by atoms with Crippen LogP contribution in [0.2, 0.25) is 0 Å². The first-order chi connectivity index (χ1) is 13.4. The van der Waals surface area contributed by atoms with Gasteiger partial charge in [-0.1, -0.05) is 17.3 Å². The van der Waals surface area contributed by atoms with Gasteiger partial charge in [-0.05, 0) is 32.9 Å². The normalized spacial score (nSPS) is 19.6. The van der Waals surface area contributed by atoms with E-state index in [-0.39, 0.29) is 6.10 Å². The molecule has 1 atom stereocenters. The molecule has 3 rings (SSSR count). The molecule has 1 amide bonds. The molecule has 1 aromatic carbocycles. The molecule has 0 saturated carbocycles. The molecule has 8 heteroatoms. The Morgan fingerprint density at radius 2 is 2.04 bits per heavy atom. The molecule has 28 heavy (non-hydrogen) atoms. The van der Waals surface area contributed by atoms with Crippen molar-refractivity contribution in [3.8, 4) is 5.75 Å². The molecule has 0 aliphatic carbocycles. The third-order valence-corrected chi connectivity index (χ3v) is 4.27. The number of carbonyl (C=O) groups excluding carboxylic acids is 1. The highest BCUT2D eigenvalue weighted by atomic mass is 16.7. The lowest BCUT2D eigenvalue weighted by molar-refractivity contribution is 0.0470. The number of amides is 1. The average Bonchev–Trinajstić information content (AvgIpc) is 3.12. The number of oxime groups is 1. The molecular formula is C20H29N3O5. The third kappa shape index (κ3) is 6.02. The van der Waals surface area contributed by atoms with E-state index in [1.54, 1.807) is 0 Å². The Kier molecular flexibility index (Phi) is 6.61. The van der Waals surface area contributed by atoms with Crippen LogP contribution in [0.4, 0.5) is 10.5 Å². The number of anilines is 1. The number of nitrogens with one attached hydrogen (secondary N) is 1. The van der Waals surface area contributed by atoms with Crippen LogP contribution in [0.5, 0.6) is 5.75 Å². The van der Waals surface area contributed by atoms with Crippen molar-refractivity contribution >= 4 is 17.5 Å². The van der Waals surface area contributed by atoms with E-state index in [1.807, 2.05) is 39.0 Å². The first-order valence-electron chi connectivity index (χ1n) is 9.63. The van der Waals surface area contributed by atoms with Gasteiger partial charge in [-0.3, -0.25) is 0 Å². The lowest BCUT2D eigenvalue weighted by Gasteiger charge is -2.30. The summed E-state index contributed by atoms with van der Waals surface area (Å²) >= 11 is 0. The number of nitrogens with zero attached hydrogens (tertiary/aromatic N) is 2. The summed E-state index contributed by atoms with van der Waals surface area (Å²) in [6, 6.07) is 7.99. The number of hydrogen-bond donors (Lipinski definition) is 1. The second-order valence-corrected chi connectivity index (χ2v) is 7.82. The van der Waals surface area contributed by atoms with Gasteiger partial charge in [-0.15, -0.1) is 0 Å². The fourth-order valence-corrected chi connectivity index (χ4v) is 3.00. The van der Waals surface area contributed by atoms with Crippen molar-refractivity contribution in [1.29, 1.82) is 0 Å². The molecular weight excluding hydrogens is 362 g/mol. The van der Waals surface area contributed by atoms with Gasteiger partial charge >= 0.3 is 6.09 Å². The SMILES string of the molecule is CC(C)(C)OC(=O)NCC1=NOC(COc2ccccc2N2CCOCC2)C1. The van der Waals surface area contributed by atoms with E-state index >= 15 is 0 Å². The zero-order chi connectivity index (χ0) is 20.0. The van der Waals surface area contributed by atoms with E-state index in [2.05, 4.69) is 21.4 Å². The molecule has 0 bridgehead atoms. The number of benzene rings is 1. The Balaban J connectivity index is 1.44. The first-order valence-corrected chi connectivity index (χ1v) is 9.63. The zero-order valence-corrected chi connectivity index (χ0v) is 16.8. The van der Waals surface area contributed by atoms with E-state index in [0.29, 0.717) is 19.6 Å². The molecule has 0 aromatic heterocycles. The summed E-state index contributed by atoms with van der Waals surface area (Å²) in [5.41, 5.74) is 1.31. The minimum absolute atomic E-state index is 0.173. The number of morpholine rings is 1. The van der Waals surface area contributed by atoms with Gasteiger partial charge in [-0.2, -0.15) is 0 Å². The maximum absolute atomic E-state index is 11.7. The number of ether oxygens (including phenoxy) is 3. The van der Waals surface area contributed by atoms with Crippen molar-refractivity contribution in [1.82, 2.24) is 5.32 Å². The maximum atomic E-state index is 11.7. The van der Waals surface area contributed by atoms with E-state index in [1.165, 1.54) is 0 Å². The predicted molar refractivity (Wildman–Crippen MR) is 106 cm³/mol. The largest absolute Gasteiger partial charge is 0.487 e. The number of alkyl carbamates (subject to hydrolysis) is 1. The minimum atomic E-state index is -0.525. The van der Waals surface area contributed by atoms with Gasteiger partial charge in [0, 0.05) is 19.5 Å². The Bertz CT molecular complexity index is 695. The summed E-state index contributed by atoms with van der Waals surface area (Å²) < 4.78 is 16.7. The lowest BCUT2D eigenvalue weighted by atomic mass is 10.2. The average molecular weight is 391 g/mol. The second-order valence-electron chi connectivity index (χ2n) is 7.82. The second kappa shape index (κ2) is 9.14. The number of para-hydroxylation sites is 2. The van der Waals surface area contributed by atoms with E-state index < -0.39 is 11.7 Å². The van der Waals surface area contributed by atoms with Gasteiger partial charge in [-0.25, -0.2) is 4.79 Å². The molecule has 1 fully saturated rings. The quantitative estimate of drug-likeness (QED) is 0.803. The number of carbonyl (C=O) groups is 1. The molecule has 1 aromatic rings. The van der Waals surface area contributed by atoms with Crippen molar-refractivity contribution in [2.45, 2.75) is 38.9 Å². The standard InChI is InChI=1S/C20H29N3O5/c1-20(2,3)27-19(24)21-13-15-12-16(28-22-15)14-26-18-7-5-4-6-17(18)23-8-10-25-11-9-23/h4-7,16H,8-14H2,1-3H3,(H,21,24). The molecule has 1 N–H and O–H groups in total. The van der Waals surface area contributed by atoms with E-state index in [0.717, 1.165) is 43.5 Å². The van der Waals surface area contributed by atoms with Crippen molar-refractivity contribution < 1.29 is 23.8 Å². The van der Waals surface area contributed by atoms with E-state index in [4.69, 9.17) is 19.0 Å². The maximum Gasteiger partial charge on any atom is 0.407 e. The third-order valence-electron chi connectivity index (χ3n) is 4.27. The van der Waals surface area contributed by atoms with Gasteiger partial charge in [0.15, 0.2) is 6.10 Å². The van der Waals surface area contributed by atoms with Crippen LogP contribution in [0.25, 0.3) is 0 Å². The van der Waals surface area contributed by atoms with Crippen LogP contribution in [-0.4, -0.2) is 63.0 Å². The summed E-state index contributed by atoms with van der Waals surface area (Å²) in [6.45, 7) is 9.31.